The first-order chi connectivity index (χ1) is 14.2. The van der Waals surface area contributed by atoms with E-state index in [1.807, 2.05) is 17.0 Å². The van der Waals surface area contributed by atoms with E-state index in [2.05, 4.69) is 15.1 Å². The molecule has 4 rings (SSSR count). The van der Waals surface area contributed by atoms with Crippen molar-refractivity contribution in [2.75, 3.05) is 49.1 Å². The van der Waals surface area contributed by atoms with Crippen molar-refractivity contribution in [3.63, 3.8) is 0 Å². The van der Waals surface area contributed by atoms with Crippen LogP contribution < -0.4 is 9.80 Å². The van der Waals surface area contributed by atoms with Gasteiger partial charge in [-0.2, -0.15) is 17.5 Å². The first-order valence-corrected chi connectivity index (χ1v) is 11.2. The Hall–Kier alpha value is -2.40. The van der Waals surface area contributed by atoms with E-state index in [9.17, 15) is 21.6 Å². The third kappa shape index (κ3) is 4.22. The minimum absolute atomic E-state index is 0.140. The highest BCUT2D eigenvalue weighted by Gasteiger charge is 2.32. The van der Waals surface area contributed by atoms with Gasteiger partial charge >= 0.3 is 6.18 Å². The molecular weight excluding hydrogens is 419 g/mol. The number of halogens is 3. The maximum atomic E-state index is 12.8. The topological polar surface area (TPSA) is 69.6 Å². The van der Waals surface area contributed by atoms with Gasteiger partial charge in [0.2, 0.25) is 10.0 Å². The first kappa shape index (κ1) is 20.9. The molecule has 0 bridgehead atoms. The molecule has 0 N–H and O–H groups in total. The molecule has 7 nitrogen and oxygen atoms in total. The van der Waals surface area contributed by atoms with Crippen LogP contribution in [0.2, 0.25) is 0 Å². The molecule has 0 unspecified atom stereocenters. The van der Waals surface area contributed by atoms with Gasteiger partial charge in [0.25, 0.3) is 0 Å². The van der Waals surface area contributed by atoms with Gasteiger partial charge in [-0.25, -0.2) is 8.42 Å². The second-order valence-electron chi connectivity index (χ2n) is 7.36. The van der Waals surface area contributed by atoms with Crippen LogP contribution in [0.15, 0.2) is 41.3 Å². The highest BCUT2D eigenvalue weighted by molar-refractivity contribution is 7.89. The van der Waals surface area contributed by atoms with Crippen LogP contribution in [0.5, 0.6) is 0 Å². The van der Waals surface area contributed by atoms with Crippen LogP contribution in [0, 0.1) is 0 Å². The van der Waals surface area contributed by atoms with Gasteiger partial charge < -0.3 is 9.80 Å². The standard InChI is InChI=1S/C19H22F3N5O2S/c20-19(21,22)15-3-5-16(6-4-15)30(28,29)27-13-11-26(12-14-27)18-8-7-17(23-24-18)25-9-1-2-10-25/h3-8H,1-2,9-14H2. The number of nitrogens with zero attached hydrogens (tertiary/aromatic N) is 5. The van der Waals surface area contributed by atoms with Crippen LogP contribution in [0.3, 0.4) is 0 Å². The van der Waals surface area contributed by atoms with Crippen molar-refractivity contribution < 1.29 is 21.6 Å². The first-order valence-electron chi connectivity index (χ1n) is 9.76. The van der Waals surface area contributed by atoms with Gasteiger partial charge in [-0.3, -0.25) is 0 Å². The number of hydrogen-bond acceptors (Lipinski definition) is 6. The van der Waals surface area contributed by atoms with E-state index < -0.39 is 21.8 Å². The summed E-state index contributed by atoms with van der Waals surface area (Å²) in [5, 5.41) is 8.57. The largest absolute Gasteiger partial charge is 0.416 e. The molecular formula is C19H22F3N5O2S. The normalized spacial score (nSPS) is 18.8. The second-order valence-corrected chi connectivity index (χ2v) is 9.30. The predicted octanol–water partition coefficient (Wildman–Crippen LogP) is 2.61. The fourth-order valence-corrected chi connectivity index (χ4v) is 5.15. The molecule has 0 atom stereocenters. The summed E-state index contributed by atoms with van der Waals surface area (Å²) in [5.74, 6) is 1.53. The van der Waals surface area contributed by atoms with Gasteiger partial charge in [-0.1, -0.05) is 0 Å². The Morgan fingerprint density at radius 2 is 1.23 bits per heavy atom. The van der Waals surface area contributed by atoms with E-state index in [0.29, 0.717) is 18.9 Å². The lowest BCUT2D eigenvalue weighted by Crippen LogP contribution is -2.49. The Balaban J connectivity index is 1.40. The molecule has 0 radical (unpaired) electrons. The van der Waals surface area contributed by atoms with Gasteiger partial charge in [0.15, 0.2) is 11.6 Å². The maximum Gasteiger partial charge on any atom is 0.416 e. The highest BCUT2D eigenvalue weighted by Crippen LogP contribution is 2.30. The number of piperazine rings is 1. The molecule has 2 aromatic rings. The number of anilines is 2. The zero-order chi connectivity index (χ0) is 21.4. The number of alkyl halides is 3. The summed E-state index contributed by atoms with van der Waals surface area (Å²) in [6, 6.07) is 7.42. The van der Waals surface area contributed by atoms with Gasteiger partial charge in [0.1, 0.15) is 0 Å². The average molecular weight is 441 g/mol. The number of rotatable bonds is 4. The molecule has 2 saturated heterocycles. The summed E-state index contributed by atoms with van der Waals surface area (Å²) in [5.41, 5.74) is -0.873. The summed E-state index contributed by atoms with van der Waals surface area (Å²) in [6.07, 6.45) is -2.20. The third-order valence-electron chi connectivity index (χ3n) is 5.45. The lowest BCUT2D eigenvalue weighted by molar-refractivity contribution is -0.137. The summed E-state index contributed by atoms with van der Waals surface area (Å²) in [6.45, 7) is 3.26. The van der Waals surface area contributed by atoms with Gasteiger partial charge in [0, 0.05) is 39.3 Å². The Morgan fingerprint density at radius 1 is 0.733 bits per heavy atom. The summed E-state index contributed by atoms with van der Waals surface area (Å²) < 4.78 is 65.0. The maximum absolute atomic E-state index is 12.8. The van der Waals surface area contributed by atoms with E-state index in [-0.39, 0.29) is 18.0 Å². The van der Waals surface area contributed by atoms with Crippen molar-refractivity contribution in [3.8, 4) is 0 Å². The van der Waals surface area contributed by atoms with Gasteiger partial charge in [0.05, 0.1) is 10.5 Å². The molecule has 1 aromatic heterocycles. The third-order valence-corrected chi connectivity index (χ3v) is 7.36. The summed E-state index contributed by atoms with van der Waals surface area (Å²) in [7, 11) is -3.85. The van der Waals surface area contributed by atoms with Crippen molar-refractivity contribution in [3.05, 3.63) is 42.0 Å². The van der Waals surface area contributed by atoms with E-state index >= 15 is 0 Å². The molecule has 2 aliphatic rings. The SMILES string of the molecule is O=S(=O)(c1ccc(C(F)(F)F)cc1)N1CCN(c2ccc(N3CCCC3)nn2)CC1. The van der Waals surface area contributed by atoms with Crippen molar-refractivity contribution in [2.24, 2.45) is 0 Å². The van der Waals surface area contributed by atoms with Crippen LogP contribution in [0.25, 0.3) is 0 Å². The second kappa shape index (κ2) is 8.03. The molecule has 2 aliphatic heterocycles. The monoisotopic (exact) mass is 441 g/mol. The van der Waals surface area contributed by atoms with Gasteiger partial charge in [-0.05, 0) is 49.2 Å². The zero-order valence-corrected chi connectivity index (χ0v) is 17.0. The fourth-order valence-electron chi connectivity index (χ4n) is 3.72. The van der Waals surface area contributed by atoms with E-state index in [0.717, 1.165) is 56.0 Å². The van der Waals surface area contributed by atoms with E-state index in [1.165, 1.54) is 4.31 Å². The molecule has 0 spiro atoms. The molecule has 162 valence electrons. The molecule has 3 heterocycles. The van der Waals surface area contributed by atoms with Crippen molar-refractivity contribution in [1.82, 2.24) is 14.5 Å². The van der Waals surface area contributed by atoms with Gasteiger partial charge in [-0.15, -0.1) is 10.2 Å². The Labute approximate surface area is 173 Å². The Kier molecular flexibility index (Phi) is 5.58. The minimum atomic E-state index is -4.50. The minimum Gasteiger partial charge on any atom is -0.355 e. The molecule has 30 heavy (non-hydrogen) atoms. The molecule has 2 fully saturated rings. The van der Waals surface area contributed by atoms with Crippen LogP contribution in [-0.2, 0) is 16.2 Å². The van der Waals surface area contributed by atoms with Crippen LogP contribution >= 0.6 is 0 Å². The average Bonchev–Trinajstić information content (AvgIpc) is 3.28. The molecule has 1 aromatic carbocycles. The number of hydrogen-bond donors (Lipinski definition) is 0. The predicted molar refractivity (Wildman–Crippen MR) is 106 cm³/mol. The highest BCUT2D eigenvalue weighted by atomic mass is 32.2. The van der Waals surface area contributed by atoms with Crippen LogP contribution in [0.1, 0.15) is 18.4 Å². The number of benzene rings is 1. The number of sulfonamides is 1. The molecule has 0 saturated carbocycles. The molecule has 11 heteroatoms. The smallest absolute Gasteiger partial charge is 0.355 e. The van der Waals surface area contributed by atoms with Crippen molar-refractivity contribution >= 4 is 21.7 Å². The van der Waals surface area contributed by atoms with Crippen molar-refractivity contribution in [1.29, 1.82) is 0 Å². The van der Waals surface area contributed by atoms with E-state index in [1.54, 1.807) is 0 Å². The summed E-state index contributed by atoms with van der Waals surface area (Å²) in [4.78, 5) is 4.00. The number of aromatic nitrogens is 2. The lowest BCUT2D eigenvalue weighted by Gasteiger charge is -2.34. The Bertz CT molecular complexity index is 967. The van der Waals surface area contributed by atoms with E-state index in [4.69, 9.17) is 0 Å². The summed E-state index contributed by atoms with van der Waals surface area (Å²) >= 11 is 0. The zero-order valence-electron chi connectivity index (χ0n) is 16.2. The Morgan fingerprint density at radius 3 is 1.70 bits per heavy atom. The lowest BCUT2D eigenvalue weighted by atomic mass is 10.2. The molecule has 0 amide bonds. The van der Waals surface area contributed by atoms with Crippen molar-refractivity contribution in [2.45, 2.75) is 23.9 Å². The van der Waals surface area contributed by atoms with Crippen LogP contribution in [0.4, 0.5) is 24.8 Å². The molecule has 0 aliphatic carbocycles. The quantitative estimate of drug-likeness (QED) is 0.727. The van der Waals surface area contributed by atoms with Crippen LogP contribution in [-0.4, -0.2) is 62.2 Å². The fraction of sp³-hybridized carbons (Fsp3) is 0.474.